The molecule has 3 heteroatoms. The van der Waals surface area contributed by atoms with Crippen LogP contribution in [-0.2, 0) is 6.54 Å². The largest absolute Gasteiger partial charge is 0.369 e. The van der Waals surface area contributed by atoms with Gasteiger partial charge < -0.3 is 10.3 Å². The minimum absolute atomic E-state index is 0.600. The molecule has 0 radical (unpaired) electrons. The second kappa shape index (κ2) is 2.76. The van der Waals surface area contributed by atoms with Crippen molar-refractivity contribution in [1.29, 1.82) is 0 Å². The van der Waals surface area contributed by atoms with E-state index in [1.54, 1.807) is 0 Å². The average molecular weight is 175 g/mol. The summed E-state index contributed by atoms with van der Waals surface area (Å²) < 4.78 is 2.01. The van der Waals surface area contributed by atoms with Gasteiger partial charge in [0.25, 0.3) is 0 Å². The topological polar surface area (TPSA) is 43.8 Å². The van der Waals surface area contributed by atoms with Crippen LogP contribution in [0.5, 0.6) is 0 Å². The first kappa shape index (κ1) is 8.10. The molecular weight excluding hydrogens is 162 g/mol. The molecule has 0 fully saturated rings. The SMILES string of the molecule is CCn1c(N)nc2cc(C)ccc21. The van der Waals surface area contributed by atoms with Gasteiger partial charge >= 0.3 is 0 Å². The highest BCUT2D eigenvalue weighted by Gasteiger charge is 2.05. The summed E-state index contributed by atoms with van der Waals surface area (Å²) in [6.07, 6.45) is 0. The molecule has 0 aliphatic rings. The number of anilines is 1. The van der Waals surface area contributed by atoms with E-state index in [1.165, 1.54) is 5.56 Å². The zero-order valence-corrected chi connectivity index (χ0v) is 7.91. The lowest BCUT2D eigenvalue weighted by atomic mass is 10.2. The first-order chi connectivity index (χ1) is 6.22. The highest BCUT2D eigenvalue weighted by molar-refractivity contribution is 5.78. The Morgan fingerprint density at radius 2 is 2.23 bits per heavy atom. The van der Waals surface area contributed by atoms with Crippen molar-refractivity contribution in [2.75, 3.05) is 5.73 Å². The molecule has 2 rings (SSSR count). The van der Waals surface area contributed by atoms with Crippen molar-refractivity contribution < 1.29 is 0 Å². The fourth-order valence-electron chi connectivity index (χ4n) is 1.59. The van der Waals surface area contributed by atoms with E-state index in [0.29, 0.717) is 5.95 Å². The number of nitrogens with zero attached hydrogens (tertiary/aromatic N) is 2. The molecule has 0 aliphatic heterocycles. The summed E-state index contributed by atoms with van der Waals surface area (Å²) in [5.41, 5.74) is 9.08. The number of benzene rings is 1. The van der Waals surface area contributed by atoms with Crippen molar-refractivity contribution in [3.05, 3.63) is 23.8 Å². The Labute approximate surface area is 77.2 Å². The summed E-state index contributed by atoms with van der Waals surface area (Å²) in [4.78, 5) is 4.29. The maximum Gasteiger partial charge on any atom is 0.201 e. The minimum Gasteiger partial charge on any atom is -0.369 e. The molecule has 2 aromatic rings. The maximum absolute atomic E-state index is 5.77. The van der Waals surface area contributed by atoms with Crippen molar-refractivity contribution in [3.63, 3.8) is 0 Å². The zero-order valence-electron chi connectivity index (χ0n) is 7.91. The monoisotopic (exact) mass is 175 g/mol. The van der Waals surface area contributed by atoms with E-state index in [0.717, 1.165) is 17.6 Å². The number of aryl methyl sites for hydroxylation is 2. The van der Waals surface area contributed by atoms with Crippen LogP contribution in [0.4, 0.5) is 5.95 Å². The predicted molar refractivity (Wildman–Crippen MR) is 54.6 cm³/mol. The van der Waals surface area contributed by atoms with Gasteiger partial charge in [0.15, 0.2) is 0 Å². The smallest absolute Gasteiger partial charge is 0.201 e. The summed E-state index contributed by atoms with van der Waals surface area (Å²) in [5.74, 6) is 0.600. The van der Waals surface area contributed by atoms with Gasteiger partial charge in [0, 0.05) is 6.54 Å². The van der Waals surface area contributed by atoms with E-state index in [9.17, 15) is 0 Å². The van der Waals surface area contributed by atoms with Gasteiger partial charge in [0.05, 0.1) is 11.0 Å². The molecule has 0 unspecified atom stereocenters. The highest BCUT2D eigenvalue weighted by Crippen LogP contribution is 2.18. The number of fused-ring (bicyclic) bond motifs is 1. The third kappa shape index (κ3) is 1.16. The van der Waals surface area contributed by atoms with E-state index in [4.69, 9.17) is 5.73 Å². The van der Waals surface area contributed by atoms with Crippen LogP contribution in [0.25, 0.3) is 11.0 Å². The van der Waals surface area contributed by atoms with Crippen LogP contribution < -0.4 is 5.73 Å². The van der Waals surface area contributed by atoms with Crippen LogP contribution in [-0.4, -0.2) is 9.55 Å². The zero-order chi connectivity index (χ0) is 9.42. The van der Waals surface area contributed by atoms with Crippen molar-refractivity contribution in [3.8, 4) is 0 Å². The number of hydrogen-bond acceptors (Lipinski definition) is 2. The minimum atomic E-state index is 0.600. The molecule has 13 heavy (non-hydrogen) atoms. The fraction of sp³-hybridized carbons (Fsp3) is 0.300. The quantitative estimate of drug-likeness (QED) is 0.719. The van der Waals surface area contributed by atoms with Crippen molar-refractivity contribution in [1.82, 2.24) is 9.55 Å². The Bertz CT molecular complexity index is 443. The van der Waals surface area contributed by atoms with Gasteiger partial charge in [-0.25, -0.2) is 4.98 Å². The van der Waals surface area contributed by atoms with Gasteiger partial charge in [-0.15, -0.1) is 0 Å². The summed E-state index contributed by atoms with van der Waals surface area (Å²) in [7, 11) is 0. The molecule has 1 heterocycles. The number of rotatable bonds is 1. The van der Waals surface area contributed by atoms with Crippen molar-refractivity contribution in [2.24, 2.45) is 0 Å². The lowest BCUT2D eigenvalue weighted by Crippen LogP contribution is -2.00. The van der Waals surface area contributed by atoms with E-state index in [2.05, 4.69) is 37.0 Å². The van der Waals surface area contributed by atoms with Crippen LogP contribution in [0.3, 0.4) is 0 Å². The van der Waals surface area contributed by atoms with Gasteiger partial charge in [-0.05, 0) is 31.5 Å². The van der Waals surface area contributed by atoms with Gasteiger partial charge in [-0.1, -0.05) is 6.07 Å². The van der Waals surface area contributed by atoms with E-state index in [1.807, 2.05) is 4.57 Å². The van der Waals surface area contributed by atoms with Gasteiger partial charge in [-0.3, -0.25) is 0 Å². The van der Waals surface area contributed by atoms with Crippen LogP contribution in [0.2, 0.25) is 0 Å². The molecule has 68 valence electrons. The molecule has 0 aliphatic carbocycles. The summed E-state index contributed by atoms with van der Waals surface area (Å²) in [6.45, 7) is 4.99. The van der Waals surface area contributed by atoms with Crippen LogP contribution >= 0.6 is 0 Å². The number of hydrogen-bond donors (Lipinski definition) is 1. The third-order valence-corrected chi connectivity index (χ3v) is 2.25. The number of aromatic nitrogens is 2. The maximum atomic E-state index is 5.77. The van der Waals surface area contributed by atoms with Crippen LogP contribution in [0.15, 0.2) is 18.2 Å². The first-order valence-electron chi connectivity index (χ1n) is 4.44. The molecule has 0 saturated carbocycles. The first-order valence-corrected chi connectivity index (χ1v) is 4.44. The van der Waals surface area contributed by atoms with Crippen LogP contribution in [0, 0.1) is 6.92 Å². The molecule has 0 amide bonds. The second-order valence-corrected chi connectivity index (χ2v) is 3.21. The molecule has 1 aromatic carbocycles. The highest BCUT2D eigenvalue weighted by atomic mass is 15.1. The molecule has 0 spiro atoms. The molecule has 1 aromatic heterocycles. The lowest BCUT2D eigenvalue weighted by molar-refractivity contribution is 0.800. The van der Waals surface area contributed by atoms with Crippen LogP contribution in [0.1, 0.15) is 12.5 Å². The Morgan fingerprint density at radius 3 is 2.92 bits per heavy atom. The molecule has 0 saturated heterocycles. The van der Waals surface area contributed by atoms with Crippen molar-refractivity contribution in [2.45, 2.75) is 20.4 Å². The Balaban J connectivity index is 2.79. The van der Waals surface area contributed by atoms with E-state index < -0.39 is 0 Å². The van der Waals surface area contributed by atoms with Gasteiger partial charge in [0.1, 0.15) is 0 Å². The standard InChI is InChI=1S/C10H13N3/c1-3-13-9-5-4-7(2)6-8(9)12-10(13)11/h4-6H,3H2,1-2H3,(H2,11,12). The Hall–Kier alpha value is -1.51. The van der Waals surface area contributed by atoms with Gasteiger partial charge in [-0.2, -0.15) is 0 Å². The molecular formula is C10H13N3. The fourth-order valence-corrected chi connectivity index (χ4v) is 1.59. The molecule has 0 atom stereocenters. The van der Waals surface area contributed by atoms with E-state index in [-0.39, 0.29) is 0 Å². The Kier molecular flexibility index (Phi) is 1.72. The number of nitrogen functional groups attached to an aromatic ring is 1. The molecule has 3 nitrogen and oxygen atoms in total. The Morgan fingerprint density at radius 1 is 1.46 bits per heavy atom. The predicted octanol–water partition coefficient (Wildman–Crippen LogP) is 1.95. The summed E-state index contributed by atoms with van der Waals surface area (Å²) in [5, 5.41) is 0. The molecule has 0 bridgehead atoms. The second-order valence-electron chi connectivity index (χ2n) is 3.21. The summed E-state index contributed by atoms with van der Waals surface area (Å²) in [6, 6.07) is 6.20. The van der Waals surface area contributed by atoms with E-state index >= 15 is 0 Å². The number of imidazole rings is 1. The average Bonchev–Trinajstić information content (AvgIpc) is 2.39. The lowest BCUT2D eigenvalue weighted by Gasteiger charge is -2.00. The van der Waals surface area contributed by atoms with Crippen molar-refractivity contribution >= 4 is 17.0 Å². The molecule has 2 N–H and O–H groups in total. The normalized spacial score (nSPS) is 10.9. The third-order valence-electron chi connectivity index (χ3n) is 2.25. The van der Waals surface area contributed by atoms with Gasteiger partial charge in [0.2, 0.25) is 5.95 Å². The summed E-state index contributed by atoms with van der Waals surface area (Å²) >= 11 is 0. The number of nitrogens with two attached hydrogens (primary N) is 1.